The highest BCUT2D eigenvalue weighted by molar-refractivity contribution is 5.97. The average Bonchev–Trinajstić information content (AvgIpc) is 2.64. The van der Waals surface area contributed by atoms with Crippen molar-refractivity contribution >= 4 is 11.6 Å². The predicted molar refractivity (Wildman–Crippen MR) is 97.2 cm³/mol. The fourth-order valence-corrected chi connectivity index (χ4v) is 3.43. The maximum Gasteiger partial charge on any atom is 0.270 e. The Morgan fingerprint density at radius 1 is 1.07 bits per heavy atom. The third-order valence-corrected chi connectivity index (χ3v) is 4.68. The zero-order valence-corrected chi connectivity index (χ0v) is 15.6. The molecule has 0 aromatic heterocycles. The number of carbonyl (C=O) groups is 1. The predicted octanol–water partition coefficient (Wildman–Crippen LogP) is 4.30. The SMILES string of the molecule is COc1cc2c(c(OC)c1OC)C(c1cccc(C(C)(F)F)c1)CC(=O)N2. The third-order valence-electron chi connectivity index (χ3n) is 4.68. The minimum absolute atomic E-state index is 0.105. The molecule has 0 fully saturated rings. The number of alkyl halides is 2. The lowest BCUT2D eigenvalue weighted by molar-refractivity contribution is -0.116. The molecular weight excluding hydrogens is 356 g/mol. The quantitative estimate of drug-likeness (QED) is 0.844. The van der Waals surface area contributed by atoms with Crippen LogP contribution in [0.5, 0.6) is 17.2 Å². The lowest BCUT2D eigenvalue weighted by Crippen LogP contribution is -2.24. The van der Waals surface area contributed by atoms with Crippen molar-refractivity contribution in [3.05, 3.63) is 47.0 Å². The van der Waals surface area contributed by atoms with Gasteiger partial charge in [0.05, 0.1) is 27.0 Å². The fourth-order valence-electron chi connectivity index (χ4n) is 3.43. The summed E-state index contributed by atoms with van der Waals surface area (Å²) in [5.74, 6) is -2.44. The number of benzene rings is 2. The van der Waals surface area contributed by atoms with Gasteiger partial charge in [0.2, 0.25) is 11.7 Å². The summed E-state index contributed by atoms with van der Waals surface area (Å²) < 4.78 is 43.9. The molecule has 3 rings (SSSR count). The summed E-state index contributed by atoms with van der Waals surface area (Å²) in [4.78, 5) is 12.3. The molecule has 27 heavy (non-hydrogen) atoms. The van der Waals surface area contributed by atoms with E-state index in [0.29, 0.717) is 34.1 Å². The van der Waals surface area contributed by atoms with Gasteiger partial charge in [0.25, 0.3) is 5.92 Å². The first-order valence-corrected chi connectivity index (χ1v) is 8.41. The highest BCUT2D eigenvalue weighted by atomic mass is 19.3. The number of hydrogen-bond donors (Lipinski definition) is 1. The van der Waals surface area contributed by atoms with Crippen LogP contribution in [0.3, 0.4) is 0 Å². The molecule has 144 valence electrons. The van der Waals surface area contributed by atoms with Gasteiger partial charge in [0, 0.05) is 36.5 Å². The van der Waals surface area contributed by atoms with Gasteiger partial charge in [-0.05, 0) is 11.6 Å². The van der Waals surface area contributed by atoms with Gasteiger partial charge in [-0.25, -0.2) is 8.78 Å². The van der Waals surface area contributed by atoms with Crippen molar-refractivity contribution in [2.24, 2.45) is 0 Å². The summed E-state index contributed by atoms with van der Waals surface area (Å²) in [7, 11) is 4.46. The van der Waals surface area contributed by atoms with Crippen molar-refractivity contribution < 1.29 is 27.8 Å². The van der Waals surface area contributed by atoms with E-state index < -0.39 is 11.8 Å². The van der Waals surface area contributed by atoms with Crippen LogP contribution < -0.4 is 19.5 Å². The Kier molecular flexibility index (Phi) is 4.95. The molecule has 1 amide bonds. The number of fused-ring (bicyclic) bond motifs is 1. The summed E-state index contributed by atoms with van der Waals surface area (Å²) in [6.07, 6.45) is 0.109. The fraction of sp³-hybridized carbons (Fsp3) is 0.350. The first-order valence-electron chi connectivity index (χ1n) is 8.41. The number of nitrogens with one attached hydrogen (secondary N) is 1. The van der Waals surface area contributed by atoms with Gasteiger partial charge in [-0.1, -0.05) is 18.2 Å². The summed E-state index contributed by atoms with van der Waals surface area (Å²) in [6, 6.07) is 7.77. The number of ether oxygens (including phenoxy) is 3. The van der Waals surface area contributed by atoms with Gasteiger partial charge in [-0.2, -0.15) is 0 Å². The molecule has 7 heteroatoms. The molecule has 1 aliphatic heterocycles. The number of halogens is 2. The molecule has 0 saturated heterocycles. The molecule has 1 heterocycles. The zero-order chi connectivity index (χ0) is 19.8. The van der Waals surface area contributed by atoms with E-state index in [-0.39, 0.29) is 17.9 Å². The Morgan fingerprint density at radius 3 is 2.37 bits per heavy atom. The van der Waals surface area contributed by atoms with Crippen LogP contribution in [0.25, 0.3) is 0 Å². The lowest BCUT2D eigenvalue weighted by Gasteiger charge is -2.30. The lowest BCUT2D eigenvalue weighted by atomic mass is 9.83. The molecule has 0 radical (unpaired) electrons. The van der Waals surface area contributed by atoms with E-state index in [1.54, 1.807) is 18.2 Å². The van der Waals surface area contributed by atoms with Crippen LogP contribution in [-0.2, 0) is 10.7 Å². The zero-order valence-electron chi connectivity index (χ0n) is 15.6. The monoisotopic (exact) mass is 377 g/mol. The number of hydrogen-bond acceptors (Lipinski definition) is 4. The number of anilines is 1. The molecule has 2 aromatic carbocycles. The van der Waals surface area contributed by atoms with Crippen LogP contribution in [0.15, 0.2) is 30.3 Å². The maximum absolute atomic E-state index is 13.8. The van der Waals surface area contributed by atoms with E-state index in [0.717, 1.165) is 6.92 Å². The Balaban J connectivity index is 2.23. The van der Waals surface area contributed by atoms with Crippen molar-refractivity contribution in [1.29, 1.82) is 0 Å². The third kappa shape index (κ3) is 3.41. The summed E-state index contributed by atoms with van der Waals surface area (Å²) in [5, 5.41) is 2.80. The Bertz CT molecular complexity index is 877. The Hall–Kier alpha value is -2.83. The van der Waals surface area contributed by atoms with Crippen molar-refractivity contribution in [1.82, 2.24) is 0 Å². The summed E-state index contributed by atoms with van der Waals surface area (Å²) in [5.41, 5.74) is 1.69. The average molecular weight is 377 g/mol. The second-order valence-corrected chi connectivity index (χ2v) is 6.43. The molecule has 1 unspecified atom stereocenters. The number of rotatable bonds is 5. The van der Waals surface area contributed by atoms with E-state index in [2.05, 4.69) is 5.32 Å². The maximum atomic E-state index is 13.8. The first-order chi connectivity index (χ1) is 12.8. The van der Waals surface area contributed by atoms with Gasteiger partial charge in [-0.3, -0.25) is 4.79 Å². The Labute approximate surface area is 156 Å². The topological polar surface area (TPSA) is 56.8 Å². The first kappa shape index (κ1) is 18.9. The molecule has 5 nitrogen and oxygen atoms in total. The molecular formula is C20H21F2NO4. The van der Waals surface area contributed by atoms with Gasteiger partial charge in [0.1, 0.15) is 0 Å². The number of amides is 1. The molecule has 1 N–H and O–H groups in total. The molecule has 0 bridgehead atoms. The van der Waals surface area contributed by atoms with E-state index in [1.807, 2.05) is 0 Å². The summed E-state index contributed by atoms with van der Waals surface area (Å²) >= 11 is 0. The van der Waals surface area contributed by atoms with Crippen molar-refractivity contribution in [3.8, 4) is 17.2 Å². The second-order valence-electron chi connectivity index (χ2n) is 6.43. The largest absolute Gasteiger partial charge is 0.493 e. The van der Waals surface area contributed by atoms with Gasteiger partial charge in [0.15, 0.2) is 11.5 Å². The molecule has 0 spiro atoms. The molecule has 0 aliphatic carbocycles. The van der Waals surface area contributed by atoms with Crippen molar-refractivity contribution in [2.45, 2.75) is 25.2 Å². The van der Waals surface area contributed by atoms with E-state index in [1.165, 1.54) is 33.5 Å². The normalized spacial score (nSPS) is 16.4. The molecule has 2 aromatic rings. The van der Waals surface area contributed by atoms with Crippen LogP contribution in [-0.4, -0.2) is 27.2 Å². The van der Waals surface area contributed by atoms with Gasteiger partial charge in [-0.15, -0.1) is 0 Å². The molecule has 1 atom stereocenters. The smallest absolute Gasteiger partial charge is 0.270 e. The van der Waals surface area contributed by atoms with Crippen molar-refractivity contribution in [2.75, 3.05) is 26.6 Å². The minimum atomic E-state index is -2.97. The Morgan fingerprint density at radius 2 is 1.78 bits per heavy atom. The van der Waals surface area contributed by atoms with Crippen LogP contribution in [0.2, 0.25) is 0 Å². The minimum Gasteiger partial charge on any atom is -0.493 e. The van der Waals surface area contributed by atoms with Crippen LogP contribution in [0.4, 0.5) is 14.5 Å². The van der Waals surface area contributed by atoms with Crippen molar-refractivity contribution in [3.63, 3.8) is 0 Å². The van der Waals surface area contributed by atoms with Crippen LogP contribution in [0.1, 0.15) is 36.0 Å². The van der Waals surface area contributed by atoms with Gasteiger partial charge < -0.3 is 19.5 Å². The number of methoxy groups -OCH3 is 3. The van der Waals surface area contributed by atoms with Crippen LogP contribution >= 0.6 is 0 Å². The number of carbonyl (C=O) groups excluding carboxylic acids is 1. The standard InChI is InChI=1S/C20H21F2NO4/c1-20(21,22)12-7-5-6-11(8-12)13-9-16(24)23-14-10-15(25-2)18(26-3)19(27-4)17(13)14/h5-8,10,13H,9H2,1-4H3,(H,23,24). The molecule has 1 aliphatic rings. The van der Waals surface area contributed by atoms with E-state index in [4.69, 9.17) is 14.2 Å². The highest BCUT2D eigenvalue weighted by Crippen LogP contribution is 2.51. The van der Waals surface area contributed by atoms with Crippen LogP contribution in [0, 0.1) is 0 Å². The highest BCUT2D eigenvalue weighted by Gasteiger charge is 2.34. The summed E-state index contributed by atoms with van der Waals surface area (Å²) in [6.45, 7) is 0.849. The van der Waals surface area contributed by atoms with E-state index in [9.17, 15) is 13.6 Å². The molecule has 0 saturated carbocycles. The second kappa shape index (κ2) is 7.06. The van der Waals surface area contributed by atoms with Gasteiger partial charge >= 0.3 is 0 Å². The van der Waals surface area contributed by atoms with E-state index >= 15 is 0 Å².